The largest absolute Gasteiger partial charge is 0.399 e. The van der Waals surface area contributed by atoms with Crippen molar-refractivity contribution in [1.29, 1.82) is 0 Å². The lowest BCUT2D eigenvalue weighted by Gasteiger charge is -2.05. The van der Waals surface area contributed by atoms with Gasteiger partial charge < -0.3 is 11.1 Å². The Morgan fingerprint density at radius 1 is 1.30 bits per heavy atom. The molecule has 0 fully saturated rings. The summed E-state index contributed by atoms with van der Waals surface area (Å²) in [6.07, 6.45) is 2.31. The minimum Gasteiger partial charge on any atom is -0.399 e. The normalized spacial score (nSPS) is 10.8. The van der Waals surface area contributed by atoms with Crippen LogP contribution in [0.25, 0.3) is 5.65 Å². The van der Waals surface area contributed by atoms with Gasteiger partial charge in [-0.15, -0.1) is 0 Å². The molecule has 0 aliphatic heterocycles. The van der Waals surface area contributed by atoms with E-state index in [9.17, 15) is 4.79 Å². The fourth-order valence-electron chi connectivity index (χ4n) is 1.93. The van der Waals surface area contributed by atoms with E-state index in [2.05, 4.69) is 20.5 Å². The average Bonchev–Trinajstić information content (AvgIpc) is 2.82. The van der Waals surface area contributed by atoms with Crippen LogP contribution in [0.3, 0.4) is 0 Å². The summed E-state index contributed by atoms with van der Waals surface area (Å²) >= 11 is 0. The molecule has 0 aliphatic carbocycles. The highest BCUT2D eigenvalue weighted by atomic mass is 16.1. The molecule has 3 rings (SSSR count). The van der Waals surface area contributed by atoms with Gasteiger partial charge in [-0.3, -0.25) is 0 Å². The maximum atomic E-state index is 11.3. The van der Waals surface area contributed by atoms with Crippen LogP contribution in [0.4, 0.5) is 11.5 Å². The van der Waals surface area contributed by atoms with E-state index in [-0.39, 0.29) is 5.69 Å². The fourth-order valence-corrected chi connectivity index (χ4v) is 1.93. The smallest absolute Gasteiger partial charge is 0.348 e. The number of fused-ring (bicyclic) bond motifs is 1. The first-order valence-corrected chi connectivity index (χ1v) is 6.23. The quantitative estimate of drug-likeness (QED) is 0.604. The number of aromatic amines is 1. The Morgan fingerprint density at radius 3 is 2.90 bits per heavy atom. The number of nitrogens with two attached hydrogens (primary N) is 1. The van der Waals surface area contributed by atoms with Crippen LogP contribution in [0.2, 0.25) is 0 Å². The Morgan fingerprint density at radius 2 is 2.10 bits per heavy atom. The van der Waals surface area contributed by atoms with Crippen molar-refractivity contribution in [2.45, 2.75) is 6.42 Å². The predicted molar refractivity (Wildman–Crippen MR) is 76.7 cm³/mol. The van der Waals surface area contributed by atoms with Gasteiger partial charge in [0, 0.05) is 18.3 Å². The standard InChI is InChI=1S/C13H14N6O/c14-10-3-1-9(2-4-10)5-6-15-11-7-12-17-18-13(20)19(12)8-16-11/h1-4,7-8,15H,5-6,14H2,(H,18,20). The van der Waals surface area contributed by atoms with Gasteiger partial charge in [0.1, 0.15) is 12.1 Å². The van der Waals surface area contributed by atoms with Crippen LogP contribution in [0.5, 0.6) is 0 Å². The monoisotopic (exact) mass is 270 g/mol. The molecule has 0 aliphatic rings. The van der Waals surface area contributed by atoms with Crippen LogP contribution in [0.15, 0.2) is 41.5 Å². The number of nitrogens with zero attached hydrogens (tertiary/aromatic N) is 3. The number of hydrogen-bond donors (Lipinski definition) is 3. The van der Waals surface area contributed by atoms with Crippen LogP contribution < -0.4 is 16.7 Å². The van der Waals surface area contributed by atoms with Crippen LogP contribution in [-0.2, 0) is 6.42 Å². The number of aromatic nitrogens is 4. The van der Waals surface area contributed by atoms with E-state index in [1.807, 2.05) is 24.3 Å². The van der Waals surface area contributed by atoms with E-state index in [4.69, 9.17) is 5.73 Å². The first-order chi connectivity index (χ1) is 9.72. The average molecular weight is 270 g/mol. The van der Waals surface area contributed by atoms with Gasteiger partial charge in [0.15, 0.2) is 5.65 Å². The molecule has 0 amide bonds. The molecule has 7 heteroatoms. The summed E-state index contributed by atoms with van der Waals surface area (Å²) < 4.78 is 1.35. The third-order valence-corrected chi connectivity index (χ3v) is 3.01. The molecule has 0 radical (unpaired) electrons. The zero-order valence-electron chi connectivity index (χ0n) is 10.7. The van der Waals surface area contributed by atoms with Crippen molar-refractivity contribution in [1.82, 2.24) is 19.6 Å². The van der Waals surface area contributed by atoms with Crippen molar-refractivity contribution in [3.8, 4) is 0 Å². The van der Waals surface area contributed by atoms with Crippen molar-refractivity contribution in [3.05, 3.63) is 52.7 Å². The number of rotatable bonds is 4. The molecule has 0 bridgehead atoms. The summed E-state index contributed by atoms with van der Waals surface area (Å²) in [6.45, 7) is 0.738. The van der Waals surface area contributed by atoms with Gasteiger partial charge in [0.2, 0.25) is 0 Å². The highest BCUT2D eigenvalue weighted by Crippen LogP contribution is 2.08. The van der Waals surface area contributed by atoms with Gasteiger partial charge in [-0.25, -0.2) is 19.3 Å². The van der Waals surface area contributed by atoms with Crippen LogP contribution in [0, 0.1) is 0 Å². The van der Waals surface area contributed by atoms with Crippen molar-refractivity contribution in [3.63, 3.8) is 0 Å². The molecule has 2 aromatic heterocycles. The highest BCUT2D eigenvalue weighted by molar-refractivity contribution is 5.48. The minimum atomic E-state index is -0.291. The van der Waals surface area contributed by atoms with Gasteiger partial charge in [-0.1, -0.05) is 12.1 Å². The van der Waals surface area contributed by atoms with Gasteiger partial charge in [-0.05, 0) is 24.1 Å². The zero-order chi connectivity index (χ0) is 13.9. The third-order valence-electron chi connectivity index (χ3n) is 3.01. The second-order valence-electron chi connectivity index (χ2n) is 4.45. The Bertz CT molecular complexity index is 773. The summed E-state index contributed by atoms with van der Waals surface area (Å²) in [6, 6.07) is 9.49. The lowest BCUT2D eigenvalue weighted by atomic mass is 10.1. The zero-order valence-corrected chi connectivity index (χ0v) is 10.7. The number of hydrogen-bond acceptors (Lipinski definition) is 5. The molecule has 0 spiro atoms. The SMILES string of the molecule is Nc1ccc(CCNc2cc3n[nH]c(=O)n3cn2)cc1. The van der Waals surface area contributed by atoms with Crippen LogP contribution >= 0.6 is 0 Å². The van der Waals surface area contributed by atoms with Gasteiger partial charge in [-0.2, -0.15) is 5.10 Å². The van der Waals surface area contributed by atoms with Crippen LogP contribution in [0.1, 0.15) is 5.56 Å². The summed E-state index contributed by atoms with van der Waals surface area (Å²) in [5, 5.41) is 9.45. The van der Waals surface area contributed by atoms with Crippen molar-refractivity contribution in [2.75, 3.05) is 17.6 Å². The lowest BCUT2D eigenvalue weighted by molar-refractivity contribution is 0.975. The second kappa shape index (κ2) is 5.04. The van der Waals surface area contributed by atoms with E-state index < -0.39 is 0 Å². The molecule has 1 aromatic carbocycles. The number of H-pyrrole nitrogens is 1. The number of benzene rings is 1. The maximum Gasteiger partial charge on any atom is 0.348 e. The number of nitrogens with one attached hydrogen (secondary N) is 2. The fraction of sp³-hybridized carbons (Fsp3) is 0.154. The summed E-state index contributed by atoms with van der Waals surface area (Å²) in [5.41, 5.74) is 7.85. The molecule has 102 valence electrons. The van der Waals surface area contributed by atoms with E-state index in [1.165, 1.54) is 16.3 Å². The Kier molecular flexibility index (Phi) is 3.08. The molecule has 0 saturated carbocycles. The van der Waals surface area contributed by atoms with Gasteiger partial charge in [0.25, 0.3) is 0 Å². The maximum absolute atomic E-state index is 11.3. The van der Waals surface area contributed by atoms with Crippen LogP contribution in [-0.4, -0.2) is 26.1 Å². The molecule has 4 N–H and O–H groups in total. The molecule has 3 aromatic rings. The highest BCUT2D eigenvalue weighted by Gasteiger charge is 2.02. The van der Waals surface area contributed by atoms with E-state index in [1.54, 1.807) is 6.07 Å². The summed E-state index contributed by atoms with van der Waals surface area (Å²) in [7, 11) is 0. The molecule has 2 heterocycles. The predicted octanol–water partition coefficient (Wildman–Crippen LogP) is 0.654. The van der Waals surface area contributed by atoms with Crippen molar-refractivity contribution in [2.24, 2.45) is 0 Å². The minimum absolute atomic E-state index is 0.291. The molecule has 0 atom stereocenters. The van der Waals surface area contributed by atoms with Crippen molar-refractivity contribution < 1.29 is 0 Å². The van der Waals surface area contributed by atoms with E-state index >= 15 is 0 Å². The Hall–Kier alpha value is -2.83. The second-order valence-corrected chi connectivity index (χ2v) is 4.45. The van der Waals surface area contributed by atoms with Crippen molar-refractivity contribution >= 4 is 17.2 Å². The van der Waals surface area contributed by atoms with Gasteiger partial charge >= 0.3 is 5.69 Å². The molecule has 7 nitrogen and oxygen atoms in total. The molecular weight excluding hydrogens is 256 g/mol. The first-order valence-electron chi connectivity index (χ1n) is 6.23. The Labute approximate surface area is 114 Å². The topological polar surface area (TPSA) is 101 Å². The summed E-state index contributed by atoms with van der Waals surface area (Å²) in [5.74, 6) is 0.687. The van der Waals surface area contributed by atoms with E-state index in [0.29, 0.717) is 11.5 Å². The number of nitrogen functional groups attached to an aromatic ring is 1. The lowest BCUT2D eigenvalue weighted by Crippen LogP contribution is -2.11. The van der Waals surface area contributed by atoms with Gasteiger partial charge in [0.05, 0.1) is 0 Å². The molecule has 0 saturated heterocycles. The summed E-state index contributed by atoms with van der Waals surface area (Å²) in [4.78, 5) is 15.4. The molecular formula is C13H14N6O. The molecule has 0 unspecified atom stereocenters. The third kappa shape index (κ3) is 2.46. The van der Waals surface area contributed by atoms with E-state index in [0.717, 1.165) is 18.7 Å². The first kappa shape index (κ1) is 12.2. The molecule has 20 heavy (non-hydrogen) atoms. The number of anilines is 2. The Balaban J connectivity index is 1.64.